The van der Waals surface area contributed by atoms with Crippen molar-refractivity contribution in [3.05, 3.63) is 89.7 Å². The lowest BCUT2D eigenvalue weighted by molar-refractivity contribution is -0.134. The Morgan fingerprint density at radius 1 is 0.939 bits per heavy atom. The number of para-hydroxylation sites is 2. The van der Waals surface area contributed by atoms with Crippen molar-refractivity contribution in [3.63, 3.8) is 0 Å². The second kappa shape index (κ2) is 10.8. The molecule has 0 bridgehead atoms. The van der Waals surface area contributed by atoms with Gasteiger partial charge in [0.2, 0.25) is 11.8 Å². The van der Waals surface area contributed by atoms with Crippen molar-refractivity contribution in [3.8, 4) is 5.75 Å². The maximum atomic E-state index is 13.2. The van der Waals surface area contributed by atoms with Gasteiger partial charge in [0, 0.05) is 38.3 Å². The number of anilines is 1. The molecule has 33 heavy (non-hydrogen) atoms. The van der Waals surface area contributed by atoms with Crippen LogP contribution >= 0.6 is 0 Å². The number of carbonyl (C=O) groups is 2. The smallest absolute Gasteiger partial charge is 0.227 e. The zero-order valence-corrected chi connectivity index (χ0v) is 18.9. The zero-order valence-electron chi connectivity index (χ0n) is 18.9. The van der Waals surface area contributed by atoms with Crippen LogP contribution in [0.3, 0.4) is 0 Å². The quantitative estimate of drug-likeness (QED) is 0.518. The molecule has 1 aromatic heterocycles. The number of ether oxygens (including phenoxy) is 1. The van der Waals surface area contributed by atoms with Crippen LogP contribution in [0.25, 0.3) is 0 Å². The lowest BCUT2D eigenvalue weighted by Crippen LogP contribution is -2.38. The van der Waals surface area contributed by atoms with Gasteiger partial charge >= 0.3 is 0 Å². The van der Waals surface area contributed by atoms with Crippen LogP contribution in [-0.2, 0) is 29.1 Å². The van der Waals surface area contributed by atoms with Crippen molar-refractivity contribution in [1.29, 1.82) is 0 Å². The molecule has 0 fully saturated rings. The topological polar surface area (TPSA) is 62.7 Å². The number of aryl methyl sites for hydroxylation is 1. The molecule has 6 nitrogen and oxygen atoms in total. The molecule has 2 amide bonds. The molecule has 0 saturated carbocycles. The summed E-state index contributed by atoms with van der Waals surface area (Å²) in [6, 6.07) is 19.7. The highest BCUT2D eigenvalue weighted by atomic mass is 16.5. The average molecular weight is 444 g/mol. The zero-order chi connectivity index (χ0) is 23.0. The Labute approximate surface area is 194 Å². The van der Waals surface area contributed by atoms with Crippen LogP contribution in [0, 0.1) is 0 Å². The van der Waals surface area contributed by atoms with Crippen molar-refractivity contribution in [1.82, 2.24) is 9.88 Å². The molecular formula is C27H29N3O3. The molecule has 2 heterocycles. The van der Waals surface area contributed by atoms with Gasteiger partial charge in [0.25, 0.3) is 0 Å². The van der Waals surface area contributed by atoms with E-state index in [0.717, 1.165) is 23.2 Å². The normalized spacial score (nSPS) is 12.6. The summed E-state index contributed by atoms with van der Waals surface area (Å²) in [5.41, 5.74) is 4.06. The first-order valence-corrected chi connectivity index (χ1v) is 11.4. The Bertz CT molecular complexity index is 1080. The Hall–Kier alpha value is -3.67. The molecule has 6 heteroatoms. The predicted octanol–water partition coefficient (Wildman–Crippen LogP) is 4.38. The Kier molecular flexibility index (Phi) is 7.35. The summed E-state index contributed by atoms with van der Waals surface area (Å²) < 4.78 is 5.64. The van der Waals surface area contributed by atoms with Crippen molar-refractivity contribution in [2.24, 2.45) is 0 Å². The monoisotopic (exact) mass is 443 g/mol. The minimum Gasteiger partial charge on any atom is -0.490 e. The summed E-state index contributed by atoms with van der Waals surface area (Å²) >= 11 is 0. The summed E-state index contributed by atoms with van der Waals surface area (Å²) in [5, 5.41) is 0. The number of nitrogens with zero attached hydrogens (tertiary/aromatic N) is 3. The van der Waals surface area contributed by atoms with Crippen LogP contribution in [0.5, 0.6) is 5.75 Å². The van der Waals surface area contributed by atoms with Gasteiger partial charge in [-0.2, -0.15) is 0 Å². The number of amides is 2. The summed E-state index contributed by atoms with van der Waals surface area (Å²) in [6.07, 6.45) is 4.79. The van der Waals surface area contributed by atoms with Crippen LogP contribution in [0.1, 0.15) is 36.5 Å². The molecule has 170 valence electrons. The van der Waals surface area contributed by atoms with Crippen LogP contribution in [0.4, 0.5) is 5.69 Å². The Morgan fingerprint density at radius 3 is 2.45 bits per heavy atom. The lowest BCUT2D eigenvalue weighted by Gasteiger charge is -2.30. The largest absolute Gasteiger partial charge is 0.490 e. The third kappa shape index (κ3) is 5.77. The number of aromatic nitrogens is 1. The Balaban J connectivity index is 1.43. The van der Waals surface area contributed by atoms with E-state index in [1.807, 2.05) is 36.4 Å². The molecule has 1 aliphatic rings. The van der Waals surface area contributed by atoms with Gasteiger partial charge in [-0.25, -0.2) is 0 Å². The van der Waals surface area contributed by atoms with Crippen LogP contribution in [0.2, 0.25) is 0 Å². The number of rotatable bonds is 8. The number of carbonyl (C=O) groups excluding carboxylic acids is 2. The van der Waals surface area contributed by atoms with Gasteiger partial charge in [0.05, 0.1) is 12.2 Å². The van der Waals surface area contributed by atoms with E-state index in [-0.39, 0.29) is 24.7 Å². The number of fused-ring (bicyclic) bond motifs is 1. The molecule has 0 aliphatic carbocycles. The third-order valence-electron chi connectivity index (χ3n) is 5.84. The molecule has 0 N–H and O–H groups in total. The summed E-state index contributed by atoms with van der Waals surface area (Å²) in [5.74, 6) is 0.596. The van der Waals surface area contributed by atoms with Gasteiger partial charge in [-0.05, 0) is 41.3 Å². The van der Waals surface area contributed by atoms with E-state index in [4.69, 9.17) is 4.74 Å². The SMILES string of the molecule is CCc1ccc(CN(Cc2cccnc2)C(=O)CCC(=O)N2CCOc3ccccc32)cc1. The van der Waals surface area contributed by atoms with E-state index in [9.17, 15) is 9.59 Å². The minimum absolute atomic E-state index is 0.0479. The van der Waals surface area contributed by atoms with Crippen LogP contribution < -0.4 is 9.64 Å². The summed E-state index contributed by atoms with van der Waals surface area (Å²) in [6.45, 7) is 4.02. The second-order valence-corrected chi connectivity index (χ2v) is 8.14. The molecule has 0 saturated heterocycles. The third-order valence-corrected chi connectivity index (χ3v) is 5.84. The van der Waals surface area contributed by atoms with Crippen molar-refractivity contribution < 1.29 is 14.3 Å². The first-order chi connectivity index (χ1) is 16.1. The second-order valence-electron chi connectivity index (χ2n) is 8.14. The van der Waals surface area contributed by atoms with E-state index >= 15 is 0 Å². The molecule has 0 radical (unpaired) electrons. The fourth-order valence-corrected chi connectivity index (χ4v) is 3.98. The highest BCUT2D eigenvalue weighted by Gasteiger charge is 2.24. The minimum atomic E-state index is -0.0623. The number of hydrogen-bond donors (Lipinski definition) is 0. The highest BCUT2D eigenvalue weighted by Crippen LogP contribution is 2.31. The summed E-state index contributed by atoms with van der Waals surface area (Å²) in [7, 11) is 0. The lowest BCUT2D eigenvalue weighted by atomic mass is 10.1. The molecule has 1 aliphatic heterocycles. The summed E-state index contributed by atoms with van der Waals surface area (Å²) in [4.78, 5) is 33.9. The maximum absolute atomic E-state index is 13.2. The highest BCUT2D eigenvalue weighted by molar-refractivity contribution is 5.97. The van der Waals surface area contributed by atoms with Gasteiger partial charge in [0.1, 0.15) is 12.4 Å². The van der Waals surface area contributed by atoms with E-state index < -0.39 is 0 Å². The van der Waals surface area contributed by atoms with E-state index in [1.165, 1.54) is 5.56 Å². The molecular weight excluding hydrogens is 414 g/mol. The van der Waals surface area contributed by atoms with Crippen LogP contribution in [0.15, 0.2) is 73.1 Å². The van der Waals surface area contributed by atoms with Gasteiger partial charge in [-0.1, -0.05) is 49.4 Å². The molecule has 2 aromatic carbocycles. The molecule has 0 atom stereocenters. The van der Waals surface area contributed by atoms with Gasteiger partial charge in [0.15, 0.2) is 0 Å². The number of hydrogen-bond acceptors (Lipinski definition) is 4. The van der Waals surface area contributed by atoms with Gasteiger partial charge in [-0.15, -0.1) is 0 Å². The molecule has 3 aromatic rings. The fraction of sp³-hybridized carbons (Fsp3) is 0.296. The maximum Gasteiger partial charge on any atom is 0.227 e. The fourth-order valence-electron chi connectivity index (χ4n) is 3.98. The van der Waals surface area contributed by atoms with Gasteiger partial charge < -0.3 is 14.5 Å². The number of pyridine rings is 1. The molecule has 0 spiro atoms. The van der Waals surface area contributed by atoms with Gasteiger partial charge in [-0.3, -0.25) is 14.6 Å². The molecule has 4 rings (SSSR count). The predicted molar refractivity (Wildman–Crippen MR) is 128 cm³/mol. The van der Waals surface area contributed by atoms with Crippen molar-refractivity contribution >= 4 is 17.5 Å². The van der Waals surface area contributed by atoms with E-state index in [0.29, 0.717) is 32.0 Å². The number of benzene rings is 2. The van der Waals surface area contributed by atoms with Crippen molar-refractivity contribution in [2.75, 3.05) is 18.1 Å². The average Bonchev–Trinajstić information content (AvgIpc) is 2.87. The van der Waals surface area contributed by atoms with E-state index in [1.54, 1.807) is 22.2 Å². The standard InChI is InChI=1S/C27H29N3O3/c1-2-21-9-11-22(12-10-21)19-29(20-23-6-5-15-28-18-23)26(31)13-14-27(32)30-16-17-33-25-8-4-3-7-24(25)30/h3-12,15,18H,2,13-14,16-17,19-20H2,1H3. The molecule has 0 unspecified atom stereocenters. The Morgan fingerprint density at radius 2 is 1.70 bits per heavy atom. The van der Waals surface area contributed by atoms with Crippen LogP contribution in [-0.4, -0.2) is 34.8 Å². The van der Waals surface area contributed by atoms with Crippen molar-refractivity contribution in [2.45, 2.75) is 39.3 Å². The first kappa shape index (κ1) is 22.5. The first-order valence-electron chi connectivity index (χ1n) is 11.4. The van der Waals surface area contributed by atoms with E-state index in [2.05, 4.69) is 36.2 Å².